The number of benzene rings is 3. The second kappa shape index (κ2) is 9.51. The largest absolute Gasteiger partial charge is 0.370 e. The average molecular weight is 474 g/mol. The van der Waals surface area contributed by atoms with E-state index in [4.69, 9.17) is 11.6 Å². The summed E-state index contributed by atoms with van der Waals surface area (Å²) in [6.45, 7) is 3.67. The lowest BCUT2D eigenvalue weighted by Crippen LogP contribution is -2.62. The highest BCUT2D eigenvalue weighted by Gasteiger charge is 2.54. The molecule has 0 aromatic heterocycles. The number of halogens is 1. The molecule has 2 fully saturated rings. The lowest BCUT2D eigenvalue weighted by atomic mass is 9.71. The Balaban J connectivity index is 1.29. The Hall–Kier alpha value is -3.31. The maximum absolute atomic E-state index is 13.2. The quantitative estimate of drug-likeness (QED) is 0.581. The van der Waals surface area contributed by atoms with Crippen LogP contribution in [0.3, 0.4) is 0 Å². The minimum atomic E-state index is -0.0707. The zero-order valence-corrected chi connectivity index (χ0v) is 19.7. The van der Waals surface area contributed by atoms with E-state index in [0.717, 1.165) is 18.7 Å². The van der Waals surface area contributed by atoms with Crippen LogP contribution in [0, 0.1) is 11.3 Å². The van der Waals surface area contributed by atoms with Crippen LogP contribution in [-0.2, 0) is 11.2 Å². The van der Waals surface area contributed by atoms with Gasteiger partial charge >= 0.3 is 0 Å². The highest BCUT2D eigenvalue weighted by atomic mass is 35.5. The summed E-state index contributed by atoms with van der Waals surface area (Å²) in [5, 5.41) is 3.76. The highest BCUT2D eigenvalue weighted by Crippen LogP contribution is 2.45. The Morgan fingerprint density at radius 3 is 2.32 bits per heavy atom. The minimum Gasteiger partial charge on any atom is -0.370 e. The van der Waals surface area contributed by atoms with Crippen molar-refractivity contribution in [2.45, 2.75) is 6.42 Å². The fraction of sp³-hybridized carbons (Fsp3) is 0.286. The first-order valence-electron chi connectivity index (χ1n) is 11.7. The number of carbonyl (C=O) groups is 2. The van der Waals surface area contributed by atoms with E-state index in [-0.39, 0.29) is 23.1 Å². The number of anilines is 1. The van der Waals surface area contributed by atoms with Crippen LogP contribution in [0.15, 0.2) is 84.9 Å². The monoisotopic (exact) mass is 473 g/mol. The number of carbonyl (C=O) groups excluding carboxylic acids is 2. The average Bonchev–Trinajstić information content (AvgIpc) is 3.23. The Bertz CT molecular complexity index is 1160. The molecule has 0 radical (unpaired) electrons. The van der Waals surface area contributed by atoms with Gasteiger partial charge < -0.3 is 15.1 Å². The number of amides is 2. The molecular weight excluding hydrogens is 446 g/mol. The van der Waals surface area contributed by atoms with Crippen molar-refractivity contribution in [2.75, 3.05) is 37.6 Å². The Kier molecular flexibility index (Phi) is 6.29. The number of para-hydroxylation sites is 1. The molecule has 5 rings (SSSR count). The number of hydrogen-bond acceptors (Lipinski definition) is 3. The van der Waals surface area contributed by atoms with Crippen molar-refractivity contribution in [1.29, 1.82) is 0 Å². The number of nitrogens with zero attached hydrogens (tertiary/aromatic N) is 2. The molecule has 0 aliphatic carbocycles. The second-order valence-electron chi connectivity index (χ2n) is 9.41. The van der Waals surface area contributed by atoms with Gasteiger partial charge in [-0.25, -0.2) is 0 Å². The van der Waals surface area contributed by atoms with Crippen LogP contribution in [0.5, 0.6) is 0 Å². The Labute approximate surface area is 205 Å². The van der Waals surface area contributed by atoms with Crippen molar-refractivity contribution in [3.63, 3.8) is 0 Å². The van der Waals surface area contributed by atoms with E-state index in [2.05, 4.69) is 22.3 Å². The van der Waals surface area contributed by atoms with Gasteiger partial charge in [0.25, 0.3) is 5.91 Å². The number of likely N-dealkylation sites (tertiary alicyclic amines) is 1. The van der Waals surface area contributed by atoms with Crippen molar-refractivity contribution >= 4 is 29.1 Å². The third-order valence-electron chi connectivity index (χ3n) is 7.09. The molecule has 3 aromatic carbocycles. The van der Waals surface area contributed by atoms with Crippen LogP contribution in [0.25, 0.3) is 0 Å². The fourth-order valence-corrected chi connectivity index (χ4v) is 5.45. The zero-order chi connectivity index (χ0) is 23.5. The molecule has 0 saturated carbocycles. The first-order valence-corrected chi connectivity index (χ1v) is 12.1. The third-order valence-corrected chi connectivity index (χ3v) is 7.32. The van der Waals surface area contributed by atoms with Crippen molar-refractivity contribution in [2.24, 2.45) is 11.3 Å². The molecule has 2 saturated heterocycles. The third kappa shape index (κ3) is 4.66. The second-order valence-corrected chi connectivity index (χ2v) is 9.84. The molecule has 2 heterocycles. The molecule has 6 heteroatoms. The van der Waals surface area contributed by atoms with Gasteiger partial charge in [0.05, 0.1) is 6.42 Å². The van der Waals surface area contributed by atoms with Gasteiger partial charge in [0.15, 0.2) is 0 Å². The van der Waals surface area contributed by atoms with Gasteiger partial charge in [0.1, 0.15) is 0 Å². The number of hydrogen-bond donors (Lipinski definition) is 1. The Morgan fingerprint density at radius 2 is 1.62 bits per heavy atom. The summed E-state index contributed by atoms with van der Waals surface area (Å²) in [4.78, 5) is 30.2. The number of nitrogens with one attached hydrogen (secondary N) is 1. The molecule has 2 aliphatic rings. The van der Waals surface area contributed by atoms with Crippen LogP contribution in [0.4, 0.5) is 5.69 Å². The van der Waals surface area contributed by atoms with Crippen molar-refractivity contribution < 1.29 is 9.59 Å². The summed E-state index contributed by atoms with van der Waals surface area (Å²) in [7, 11) is 0. The first-order chi connectivity index (χ1) is 16.5. The lowest BCUT2D eigenvalue weighted by Gasteiger charge is -2.52. The van der Waals surface area contributed by atoms with Crippen LogP contribution in [0.1, 0.15) is 15.9 Å². The van der Waals surface area contributed by atoms with E-state index < -0.39 is 0 Å². The fourth-order valence-electron chi connectivity index (χ4n) is 5.24. The number of rotatable bonds is 6. The van der Waals surface area contributed by atoms with Crippen molar-refractivity contribution in [3.05, 3.63) is 101 Å². The van der Waals surface area contributed by atoms with E-state index in [0.29, 0.717) is 36.6 Å². The van der Waals surface area contributed by atoms with E-state index in [1.54, 1.807) is 0 Å². The molecule has 1 atom stereocenters. The van der Waals surface area contributed by atoms with E-state index in [9.17, 15) is 9.59 Å². The summed E-state index contributed by atoms with van der Waals surface area (Å²) in [5.41, 5.74) is 2.75. The predicted octanol–water partition coefficient (Wildman–Crippen LogP) is 4.28. The molecule has 5 nitrogen and oxygen atoms in total. The first kappa shape index (κ1) is 22.5. The summed E-state index contributed by atoms with van der Waals surface area (Å²) in [6, 6.07) is 27.1. The lowest BCUT2D eigenvalue weighted by molar-refractivity contribution is -0.130. The molecule has 2 aliphatic heterocycles. The van der Waals surface area contributed by atoms with Gasteiger partial charge in [-0.1, -0.05) is 60.1 Å². The molecule has 174 valence electrons. The molecule has 1 unspecified atom stereocenters. The standard InChI is InChI=1S/C28H28ClN3O2/c29-24-11-7-8-21(14-24)15-26(33)31-17-23(16-30-27(34)22-9-3-1-4-10-22)28(18-31)19-32(20-28)25-12-5-2-6-13-25/h1-14,23H,15-20H2,(H,30,34). The van der Waals surface area contributed by atoms with Crippen LogP contribution in [-0.4, -0.2) is 49.4 Å². The maximum Gasteiger partial charge on any atom is 0.251 e. The predicted molar refractivity (Wildman–Crippen MR) is 135 cm³/mol. The smallest absolute Gasteiger partial charge is 0.251 e. The maximum atomic E-state index is 13.2. The van der Waals surface area contributed by atoms with Gasteiger partial charge in [0, 0.05) is 60.3 Å². The normalized spacial score (nSPS) is 18.6. The summed E-state index contributed by atoms with van der Waals surface area (Å²) in [5.74, 6) is 0.235. The van der Waals surface area contributed by atoms with Gasteiger partial charge in [0.2, 0.25) is 5.91 Å². The highest BCUT2D eigenvalue weighted by molar-refractivity contribution is 6.30. The van der Waals surface area contributed by atoms with Gasteiger partial charge in [-0.05, 0) is 42.0 Å². The molecule has 1 N–H and O–H groups in total. The summed E-state index contributed by atoms with van der Waals surface area (Å²) in [6.07, 6.45) is 0.335. The van der Waals surface area contributed by atoms with Gasteiger partial charge in [-0.3, -0.25) is 9.59 Å². The van der Waals surface area contributed by atoms with E-state index >= 15 is 0 Å². The zero-order valence-electron chi connectivity index (χ0n) is 19.0. The van der Waals surface area contributed by atoms with Crippen LogP contribution < -0.4 is 10.2 Å². The summed E-state index contributed by atoms with van der Waals surface area (Å²) < 4.78 is 0. The molecular formula is C28H28ClN3O2. The summed E-state index contributed by atoms with van der Waals surface area (Å²) >= 11 is 6.11. The van der Waals surface area contributed by atoms with Crippen molar-refractivity contribution in [3.8, 4) is 0 Å². The SMILES string of the molecule is O=C(NCC1CN(C(=O)Cc2cccc(Cl)c2)CC12CN(c1ccccc1)C2)c1ccccc1. The molecule has 0 bridgehead atoms. The topological polar surface area (TPSA) is 52.7 Å². The molecule has 3 aromatic rings. The van der Waals surface area contributed by atoms with E-state index in [1.165, 1.54) is 5.69 Å². The van der Waals surface area contributed by atoms with Crippen LogP contribution >= 0.6 is 11.6 Å². The van der Waals surface area contributed by atoms with Gasteiger partial charge in [-0.15, -0.1) is 0 Å². The minimum absolute atomic E-state index is 0.0240. The van der Waals surface area contributed by atoms with E-state index in [1.807, 2.05) is 77.7 Å². The molecule has 34 heavy (non-hydrogen) atoms. The Morgan fingerprint density at radius 1 is 0.912 bits per heavy atom. The molecule has 2 amide bonds. The van der Waals surface area contributed by atoms with Crippen molar-refractivity contribution in [1.82, 2.24) is 10.2 Å². The van der Waals surface area contributed by atoms with Gasteiger partial charge in [-0.2, -0.15) is 0 Å². The molecule has 1 spiro atoms. The van der Waals surface area contributed by atoms with Crippen LogP contribution in [0.2, 0.25) is 5.02 Å².